The van der Waals surface area contributed by atoms with Crippen LogP contribution in [-0.4, -0.2) is 54.5 Å². The van der Waals surface area contributed by atoms with E-state index in [1.807, 2.05) is 54.6 Å². The van der Waals surface area contributed by atoms with E-state index in [1.165, 1.54) is 14.2 Å². The SMILES string of the molecule is CBc1ccc([C@@]23Oc4cc(OC)nc(OC)c4[C@]2(O)[C@H](O)[C@H](CO)[C@H]3c2ccccc2)cc1. The van der Waals surface area contributed by atoms with E-state index in [-0.39, 0.29) is 23.9 Å². The van der Waals surface area contributed by atoms with E-state index >= 15 is 0 Å². The predicted molar refractivity (Wildman–Crippen MR) is 128 cm³/mol. The van der Waals surface area contributed by atoms with Crippen molar-refractivity contribution in [3.05, 3.63) is 77.4 Å². The molecule has 0 radical (unpaired) electrons. The first-order chi connectivity index (χ1) is 16.5. The maximum Gasteiger partial charge on any atom is 0.226 e. The van der Waals surface area contributed by atoms with Gasteiger partial charge in [0.25, 0.3) is 0 Å². The van der Waals surface area contributed by atoms with Crippen molar-refractivity contribution in [2.24, 2.45) is 5.92 Å². The van der Waals surface area contributed by atoms with Gasteiger partial charge in [-0.1, -0.05) is 66.9 Å². The molecule has 1 aliphatic heterocycles. The van der Waals surface area contributed by atoms with Crippen molar-refractivity contribution in [3.63, 3.8) is 0 Å². The molecule has 5 rings (SSSR count). The van der Waals surface area contributed by atoms with Crippen LogP contribution in [0.15, 0.2) is 60.7 Å². The lowest BCUT2D eigenvalue weighted by molar-refractivity contribution is -0.153. The van der Waals surface area contributed by atoms with E-state index in [1.54, 1.807) is 6.07 Å². The largest absolute Gasteiger partial charge is 0.481 e. The molecule has 2 aliphatic rings. The molecule has 0 bridgehead atoms. The summed E-state index contributed by atoms with van der Waals surface area (Å²) in [6, 6.07) is 19.0. The third-order valence-electron chi connectivity index (χ3n) is 7.41. The highest BCUT2D eigenvalue weighted by atomic mass is 16.5. The van der Waals surface area contributed by atoms with E-state index < -0.39 is 29.1 Å². The number of benzene rings is 2. The van der Waals surface area contributed by atoms with Gasteiger partial charge in [-0.3, -0.25) is 0 Å². The molecule has 0 saturated heterocycles. The van der Waals surface area contributed by atoms with E-state index in [2.05, 4.69) is 11.8 Å². The maximum atomic E-state index is 12.5. The topological polar surface area (TPSA) is 101 Å². The summed E-state index contributed by atoms with van der Waals surface area (Å²) in [5.74, 6) is -0.594. The molecule has 3 N–H and O–H groups in total. The van der Waals surface area contributed by atoms with Crippen molar-refractivity contribution in [2.45, 2.75) is 30.0 Å². The van der Waals surface area contributed by atoms with Crippen LogP contribution in [0.4, 0.5) is 0 Å². The molecule has 2 aromatic carbocycles. The summed E-state index contributed by atoms with van der Waals surface area (Å²) < 4.78 is 17.6. The molecule has 5 atom stereocenters. The highest BCUT2D eigenvalue weighted by Gasteiger charge is 2.76. The second-order valence-corrected chi connectivity index (χ2v) is 8.88. The summed E-state index contributed by atoms with van der Waals surface area (Å²) in [7, 11) is 3.79. The van der Waals surface area contributed by atoms with Crippen molar-refractivity contribution < 1.29 is 29.5 Å². The molecule has 3 aromatic rings. The lowest BCUT2D eigenvalue weighted by Gasteiger charge is -2.41. The first kappa shape index (κ1) is 22.7. The van der Waals surface area contributed by atoms with Crippen molar-refractivity contribution in [1.29, 1.82) is 0 Å². The Labute approximate surface area is 199 Å². The number of pyridine rings is 1. The van der Waals surface area contributed by atoms with Crippen LogP contribution < -0.4 is 19.7 Å². The lowest BCUT2D eigenvalue weighted by Crippen LogP contribution is -2.52. The Balaban J connectivity index is 1.85. The lowest BCUT2D eigenvalue weighted by atomic mass is 9.68. The fourth-order valence-electron chi connectivity index (χ4n) is 5.85. The zero-order valence-corrected chi connectivity index (χ0v) is 19.4. The van der Waals surface area contributed by atoms with E-state index in [0.29, 0.717) is 11.3 Å². The minimum atomic E-state index is -1.95. The quantitative estimate of drug-likeness (QED) is 0.478. The standard InChI is InChI=1S/C26H28BNO6/c1-27-17-11-9-16(10-12-17)26-21(15-7-5-4-6-8-15)18(14-29)23(30)25(26,31)22-19(34-26)13-20(32-2)28-24(22)33-3/h4-13,18,21,23,27,29-31H,14H2,1-3H3/t18-,21-,23-,25+,26+/m1/s1. The van der Waals surface area contributed by atoms with Crippen LogP contribution in [0.5, 0.6) is 17.5 Å². The van der Waals surface area contributed by atoms with Crippen LogP contribution in [0.1, 0.15) is 22.6 Å². The van der Waals surface area contributed by atoms with Gasteiger partial charge in [-0.2, -0.15) is 4.98 Å². The Kier molecular flexibility index (Phi) is 5.55. The van der Waals surface area contributed by atoms with Gasteiger partial charge in [0.1, 0.15) is 5.75 Å². The summed E-state index contributed by atoms with van der Waals surface area (Å²) >= 11 is 0. The fraction of sp³-hybridized carbons (Fsp3) is 0.346. The van der Waals surface area contributed by atoms with E-state index in [4.69, 9.17) is 14.2 Å². The van der Waals surface area contributed by atoms with Crippen molar-refractivity contribution in [2.75, 3.05) is 20.8 Å². The first-order valence-corrected chi connectivity index (χ1v) is 11.4. The second-order valence-electron chi connectivity index (χ2n) is 8.88. The first-order valence-electron chi connectivity index (χ1n) is 11.4. The number of aliphatic hydroxyl groups is 3. The minimum Gasteiger partial charge on any atom is -0.481 e. The van der Waals surface area contributed by atoms with Crippen LogP contribution in [0, 0.1) is 5.92 Å². The summed E-state index contributed by atoms with van der Waals surface area (Å²) in [6.07, 6.45) is -1.36. The second kappa shape index (κ2) is 8.30. The van der Waals surface area contributed by atoms with Crippen LogP contribution in [0.2, 0.25) is 6.82 Å². The molecule has 1 saturated carbocycles. The van der Waals surface area contributed by atoms with Crippen molar-refractivity contribution in [3.8, 4) is 17.5 Å². The Morgan fingerprint density at radius 3 is 2.35 bits per heavy atom. The third-order valence-corrected chi connectivity index (χ3v) is 7.41. The number of nitrogens with zero attached hydrogens (tertiary/aromatic N) is 1. The fourth-order valence-corrected chi connectivity index (χ4v) is 5.85. The van der Waals surface area contributed by atoms with Gasteiger partial charge in [0.05, 0.1) is 25.9 Å². The molecule has 8 heteroatoms. The number of aromatic nitrogens is 1. The summed E-state index contributed by atoms with van der Waals surface area (Å²) in [6.45, 7) is 1.73. The van der Waals surface area contributed by atoms with Crippen molar-refractivity contribution >= 4 is 12.7 Å². The van der Waals surface area contributed by atoms with Gasteiger partial charge in [0.2, 0.25) is 11.8 Å². The van der Waals surface area contributed by atoms with Gasteiger partial charge in [-0.05, 0) is 11.1 Å². The van der Waals surface area contributed by atoms with E-state index in [9.17, 15) is 15.3 Å². The minimum absolute atomic E-state index is 0.105. The number of fused-ring (bicyclic) bond motifs is 3. The number of aliphatic hydroxyl groups excluding tert-OH is 2. The highest BCUT2D eigenvalue weighted by Crippen LogP contribution is 2.69. The highest BCUT2D eigenvalue weighted by molar-refractivity contribution is 6.51. The monoisotopic (exact) mass is 461 g/mol. The average molecular weight is 461 g/mol. The molecule has 0 unspecified atom stereocenters. The zero-order valence-electron chi connectivity index (χ0n) is 19.4. The summed E-state index contributed by atoms with van der Waals surface area (Å²) in [5, 5.41) is 34.7. The zero-order chi connectivity index (χ0) is 24.1. The van der Waals surface area contributed by atoms with Gasteiger partial charge in [0.15, 0.2) is 18.5 Å². The number of hydrogen-bond donors (Lipinski definition) is 3. The number of hydrogen-bond acceptors (Lipinski definition) is 7. The van der Waals surface area contributed by atoms with Crippen molar-refractivity contribution in [1.82, 2.24) is 4.98 Å². The smallest absolute Gasteiger partial charge is 0.226 e. The molecule has 1 aliphatic carbocycles. The molecule has 1 fully saturated rings. The molecule has 2 heterocycles. The van der Waals surface area contributed by atoms with Gasteiger partial charge in [-0.15, -0.1) is 0 Å². The molecular weight excluding hydrogens is 433 g/mol. The molecular formula is C26H28BNO6. The number of rotatable bonds is 6. The van der Waals surface area contributed by atoms with Crippen LogP contribution >= 0.6 is 0 Å². The Hall–Kier alpha value is -3.07. The third kappa shape index (κ3) is 2.85. The maximum absolute atomic E-state index is 12.5. The Bertz CT molecular complexity index is 1190. The summed E-state index contributed by atoms with van der Waals surface area (Å²) in [4.78, 5) is 4.36. The molecule has 34 heavy (non-hydrogen) atoms. The number of ether oxygens (including phenoxy) is 3. The molecule has 176 valence electrons. The van der Waals surface area contributed by atoms with Crippen LogP contribution in [0.3, 0.4) is 0 Å². The molecule has 1 aromatic heterocycles. The van der Waals surface area contributed by atoms with Crippen LogP contribution in [-0.2, 0) is 11.2 Å². The average Bonchev–Trinajstić information content (AvgIpc) is 3.26. The molecule has 7 nitrogen and oxygen atoms in total. The predicted octanol–water partition coefficient (Wildman–Crippen LogP) is 1.45. The van der Waals surface area contributed by atoms with E-state index in [0.717, 1.165) is 18.3 Å². The Morgan fingerprint density at radius 2 is 1.76 bits per heavy atom. The van der Waals surface area contributed by atoms with Gasteiger partial charge in [0, 0.05) is 24.5 Å². The van der Waals surface area contributed by atoms with Gasteiger partial charge < -0.3 is 29.5 Å². The van der Waals surface area contributed by atoms with Gasteiger partial charge in [-0.25, -0.2) is 0 Å². The normalized spacial score (nSPS) is 29.2. The molecule has 0 amide bonds. The van der Waals surface area contributed by atoms with Crippen LogP contribution in [0.25, 0.3) is 0 Å². The summed E-state index contributed by atoms with van der Waals surface area (Å²) in [5.41, 5.74) is -0.490. The Morgan fingerprint density at radius 1 is 1.06 bits per heavy atom. The molecule has 0 spiro atoms. The number of methoxy groups -OCH3 is 2. The van der Waals surface area contributed by atoms with Gasteiger partial charge >= 0.3 is 0 Å².